The van der Waals surface area contributed by atoms with E-state index in [4.69, 9.17) is 0 Å². The van der Waals surface area contributed by atoms with Crippen LogP contribution < -0.4 is 0 Å². The maximum absolute atomic E-state index is 4.25. The molecule has 0 saturated heterocycles. The molecule has 4 heteroatoms. The fourth-order valence-electron chi connectivity index (χ4n) is 1.27. The summed E-state index contributed by atoms with van der Waals surface area (Å²) in [4.78, 5) is 8.49. The molecule has 0 atom stereocenters. The molecule has 2 nitrogen and oxygen atoms in total. The first-order valence-corrected chi connectivity index (χ1v) is 7.68. The Bertz CT molecular complexity index is 437. The Labute approximate surface area is 129 Å². The van der Waals surface area contributed by atoms with Crippen LogP contribution >= 0.6 is 14.2 Å². The summed E-state index contributed by atoms with van der Waals surface area (Å²) in [5.41, 5.74) is 1.86. The monoisotopic (exact) mass is 360 g/mol. The van der Waals surface area contributed by atoms with Crippen molar-refractivity contribution in [2.75, 3.05) is 0 Å². The molecule has 2 aromatic carbocycles. The molecule has 0 heterocycles. The molecule has 0 aliphatic heterocycles. The average molecular weight is 362 g/mol. The van der Waals surface area contributed by atoms with Crippen LogP contribution in [0.2, 0.25) is 0 Å². The van der Waals surface area contributed by atoms with E-state index in [1.54, 1.807) is 12.4 Å². The van der Waals surface area contributed by atoms with Gasteiger partial charge in [-0.15, -0.1) is 0 Å². The van der Waals surface area contributed by atoms with Crippen molar-refractivity contribution in [3.8, 4) is 0 Å². The summed E-state index contributed by atoms with van der Waals surface area (Å²) in [6, 6.07) is 19.6. The fourth-order valence-corrected chi connectivity index (χ4v) is 1.27. The van der Waals surface area contributed by atoms with Crippen LogP contribution in [-0.4, -0.2) is 12.4 Å². The average Bonchev–Trinajstić information content (AvgIpc) is 2.48. The summed E-state index contributed by atoms with van der Waals surface area (Å²) < 4.78 is 0. The molecule has 0 bridgehead atoms. The molecule has 0 N–H and O–H groups in total. The quantitative estimate of drug-likeness (QED) is 0.413. The van der Waals surface area contributed by atoms with Crippen molar-refractivity contribution in [2.24, 2.45) is 9.98 Å². The predicted octanol–water partition coefficient (Wildman–Crippen LogP) is 5.08. The van der Waals surface area contributed by atoms with Crippen molar-refractivity contribution in [1.82, 2.24) is 0 Å². The summed E-state index contributed by atoms with van der Waals surface area (Å²) in [7, 11) is 0. The van der Waals surface area contributed by atoms with Crippen LogP contribution in [0.4, 0.5) is 11.4 Å². The van der Waals surface area contributed by atoms with Gasteiger partial charge in [-0.1, -0.05) is 36.4 Å². The topological polar surface area (TPSA) is 24.7 Å². The zero-order valence-electron chi connectivity index (χ0n) is 10.5. The van der Waals surface area contributed by atoms with E-state index >= 15 is 0 Å². The van der Waals surface area contributed by atoms with Crippen LogP contribution in [0, 0.1) is 7.43 Å². The number of benzene rings is 2. The molecule has 19 heavy (non-hydrogen) atoms. The zero-order valence-corrected chi connectivity index (χ0v) is 13.1. The SMILES string of the molecule is C(C=Nc1ccccc1)=Nc1ccccc1.[CH3-].[Ni][Br]. The number of hydrogen-bond donors (Lipinski definition) is 0. The van der Waals surface area contributed by atoms with E-state index in [0.717, 1.165) is 11.4 Å². The van der Waals surface area contributed by atoms with E-state index in [2.05, 4.69) is 37.9 Å². The summed E-state index contributed by atoms with van der Waals surface area (Å²) in [5, 5.41) is 0. The molecular formula is C15H15BrN2Ni-. The van der Waals surface area contributed by atoms with E-state index in [-0.39, 0.29) is 7.43 Å². The Morgan fingerprint density at radius 3 is 1.32 bits per heavy atom. The first-order valence-electron chi connectivity index (χ1n) is 5.24. The van der Waals surface area contributed by atoms with Crippen molar-refractivity contribution in [3.63, 3.8) is 0 Å². The molecule has 2 rings (SSSR count). The van der Waals surface area contributed by atoms with Crippen LogP contribution in [-0.2, 0) is 13.7 Å². The third-order valence-corrected chi connectivity index (χ3v) is 2.03. The van der Waals surface area contributed by atoms with Crippen molar-refractivity contribution in [3.05, 3.63) is 68.1 Å². The van der Waals surface area contributed by atoms with E-state index in [0.29, 0.717) is 0 Å². The Morgan fingerprint density at radius 1 is 0.684 bits per heavy atom. The maximum atomic E-state index is 4.25. The minimum atomic E-state index is 0. The van der Waals surface area contributed by atoms with Crippen molar-refractivity contribution >= 4 is 38.0 Å². The Hall–Kier alpha value is -1.25. The van der Waals surface area contributed by atoms with Crippen LogP contribution in [0.5, 0.6) is 0 Å². The zero-order chi connectivity index (χ0) is 13.1. The van der Waals surface area contributed by atoms with Crippen LogP contribution in [0.25, 0.3) is 0 Å². The molecule has 0 unspecified atom stereocenters. The third kappa shape index (κ3) is 7.71. The molecule has 0 radical (unpaired) electrons. The molecule has 103 valence electrons. The van der Waals surface area contributed by atoms with Gasteiger partial charge >= 0.3 is 27.9 Å². The molecule has 0 saturated carbocycles. The van der Waals surface area contributed by atoms with Gasteiger partial charge in [-0.3, -0.25) is 9.98 Å². The van der Waals surface area contributed by atoms with Gasteiger partial charge in [0.2, 0.25) is 0 Å². The summed E-state index contributed by atoms with van der Waals surface area (Å²) in [6.07, 6.45) is 3.39. The van der Waals surface area contributed by atoms with E-state index < -0.39 is 0 Å². The van der Waals surface area contributed by atoms with Gasteiger partial charge in [0.05, 0.1) is 11.4 Å². The predicted molar refractivity (Wildman–Crippen MR) is 84.5 cm³/mol. The first-order chi connectivity index (χ1) is 8.95. The van der Waals surface area contributed by atoms with Crippen molar-refractivity contribution in [2.45, 2.75) is 0 Å². The Balaban J connectivity index is 0.00000103. The minimum absolute atomic E-state index is 0. The summed E-state index contributed by atoms with van der Waals surface area (Å²) in [5.74, 6) is 0. The molecule has 0 fully saturated rings. The second kappa shape index (κ2) is 11.8. The second-order valence-corrected chi connectivity index (χ2v) is 3.23. The van der Waals surface area contributed by atoms with Gasteiger partial charge in [-0.25, -0.2) is 0 Å². The van der Waals surface area contributed by atoms with Crippen LogP contribution in [0.3, 0.4) is 0 Å². The number of nitrogens with zero attached hydrogens (tertiary/aromatic N) is 2. The molecule has 0 amide bonds. The van der Waals surface area contributed by atoms with Gasteiger partial charge in [-0.05, 0) is 24.3 Å². The van der Waals surface area contributed by atoms with E-state index in [1.165, 1.54) is 0 Å². The summed E-state index contributed by atoms with van der Waals surface area (Å²) >= 11 is 6.25. The summed E-state index contributed by atoms with van der Waals surface area (Å²) in [6.45, 7) is 0. The van der Waals surface area contributed by atoms with Crippen molar-refractivity contribution < 1.29 is 13.7 Å². The number of para-hydroxylation sites is 2. The van der Waals surface area contributed by atoms with Crippen LogP contribution in [0.1, 0.15) is 0 Å². The van der Waals surface area contributed by atoms with Crippen molar-refractivity contribution in [1.29, 1.82) is 0 Å². The van der Waals surface area contributed by atoms with E-state index in [9.17, 15) is 0 Å². The second-order valence-electron chi connectivity index (χ2n) is 3.23. The third-order valence-electron chi connectivity index (χ3n) is 2.03. The van der Waals surface area contributed by atoms with Gasteiger partial charge < -0.3 is 7.43 Å². The van der Waals surface area contributed by atoms with Gasteiger partial charge in [0.1, 0.15) is 0 Å². The van der Waals surface area contributed by atoms with Crippen LogP contribution in [0.15, 0.2) is 70.6 Å². The van der Waals surface area contributed by atoms with Gasteiger partial charge in [0, 0.05) is 12.4 Å². The normalized spacial score (nSPS) is 9.84. The van der Waals surface area contributed by atoms with Gasteiger partial charge in [0.15, 0.2) is 0 Å². The molecule has 0 aliphatic carbocycles. The molecular weight excluding hydrogens is 347 g/mol. The van der Waals surface area contributed by atoms with Gasteiger partial charge in [-0.2, -0.15) is 0 Å². The Kier molecular flexibility index (Phi) is 11.0. The number of hydrogen-bond acceptors (Lipinski definition) is 2. The van der Waals surface area contributed by atoms with E-state index in [1.807, 2.05) is 60.7 Å². The molecule has 0 spiro atoms. The molecule has 2 aromatic rings. The number of aliphatic imine (C=N–C) groups is 2. The first kappa shape index (κ1) is 17.8. The number of halogens is 1. The Morgan fingerprint density at radius 2 is 1.00 bits per heavy atom. The standard InChI is InChI=1S/C14H12N2.CH3.BrH.Ni/c1-3-7-13(8-4-1)15-11-12-16-14-9-5-2-6-10-14;;;/h1-12H;1H3;1H;/q;-1;;+1/p-1. The molecule has 0 aliphatic rings. The van der Waals surface area contributed by atoms with Gasteiger partial charge in [0.25, 0.3) is 0 Å². The number of rotatable bonds is 3. The molecule has 0 aromatic heterocycles. The fraction of sp³-hybridized carbons (Fsp3) is 0.